The van der Waals surface area contributed by atoms with Crippen LogP contribution in [0.2, 0.25) is 5.02 Å². The number of nitrogens with zero attached hydrogens (tertiary/aromatic N) is 1. The highest BCUT2D eigenvalue weighted by Crippen LogP contribution is 2.24. The van der Waals surface area contributed by atoms with Crippen molar-refractivity contribution in [2.75, 3.05) is 26.3 Å². The quantitative estimate of drug-likeness (QED) is 0.723. The Hall–Kier alpha value is -1.93. The van der Waals surface area contributed by atoms with Crippen LogP contribution in [0.1, 0.15) is 29.3 Å². The number of nitrogens with one attached hydrogen (secondary N) is 1. The molecule has 1 heterocycles. The molecule has 0 radical (unpaired) electrons. The van der Waals surface area contributed by atoms with Gasteiger partial charge in [0.2, 0.25) is 10.0 Å². The van der Waals surface area contributed by atoms with E-state index in [0.717, 1.165) is 12.8 Å². The molecule has 0 saturated carbocycles. The van der Waals surface area contributed by atoms with Gasteiger partial charge in [-0.05, 0) is 43.5 Å². The van der Waals surface area contributed by atoms with E-state index < -0.39 is 10.0 Å². The Balaban J connectivity index is 1.69. The number of benzene rings is 2. The lowest BCUT2D eigenvalue weighted by atomic mass is 10.1. The van der Waals surface area contributed by atoms with Crippen molar-refractivity contribution in [3.8, 4) is 0 Å². The molecule has 1 amide bonds. The van der Waals surface area contributed by atoms with Gasteiger partial charge < -0.3 is 10.1 Å². The third-order valence-corrected chi connectivity index (χ3v) is 7.10. The van der Waals surface area contributed by atoms with Crippen molar-refractivity contribution < 1.29 is 17.9 Å². The predicted octanol–water partition coefficient (Wildman–Crippen LogP) is 3.11. The van der Waals surface area contributed by atoms with Crippen LogP contribution in [0.25, 0.3) is 0 Å². The van der Waals surface area contributed by atoms with Crippen molar-refractivity contribution in [2.24, 2.45) is 0 Å². The van der Waals surface area contributed by atoms with Crippen molar-refractivity contribution in [3.05, 3.63) is 64.7 Å². The third kappa shape index (κ3) is 5.57. The minimum absolute atomic E-state index is 0.0610. The van der Waals surface area contributed by atoms with Crippen LogP contribution in [0, 0.1) is 0 Å². The normalized spacial score (nSPS) is 16.3. The molecule has 0 unspecified atom stereocenters. The molecule has 3 rings (SSSR count). The average Bonchev–Trinajstić information content (AvgIpc) is 2.73. The van der Waals surface area contributed by atoms with Crippen LogP contribution >= 0.6 is 11.6 Å². The fourth-order valence-corrected chi connectivity index (χ4v) is 4.81. The molecular formula is C21H25ClN2O4S. The summed E-state index contributed by atoms with van der Waals surface area (Å²) in [6.07, 6.45) is 1.60. The number of aryl methyl sites for hydroxylation is 1. The van der Waals surface area contributed by atoms with Gasteiger partial charge in [-0.2, -0.15) is 4.31 Å². The maximum Gasteiger partial charge on any atom is 0.253 e. The molecule has 0 bridgehead atoms. The Morgan fingerprint density at radius 2 is 1.86 bits per heavy atom. The Labute approximate surface area is 176 Å². The van der Waals surface area contributed by atoms with Gasteiger partial charge >= 0.3 is 0 Å². The minimum atomic E-state index is -3.69. The summed E-state index contributed by atoms with van der Waals surface area (Å²) in [6, 6.07) is 14.2. The van der Waals surface area contributed by atoms with Crippen molar-refractivity contribution in [1.82, 2.24) is 9.62 Å². The molecule has 0 aliphatic carbocycles. The molecule has 1 fully saturated rings. The molecule has 2 aromatic carbocycles. The number of ether oxygens (including phenoxy) is 1. The molecule has 1 aliphatic heterocycles. The van der Waals surface area contributed by atoms with Crippen LogP contribution < -0.4 is 5.32 Å². The van der Waals surface area contributed by atoms with Crippen molar-refractivity contribution in [3.63, 3.8) is 0 Å². The standard InChI is InChI=1S/C21H25ClN2O4S/c1-16(7-8-17-5-3-2-4-6-17)23-21(25)19-15-18(9-10-20(19)22)29(26,27)24-11-13-28-14-12-24/h2-6,9-10,15-16H,7-8,11-14H2,1H3,(H,23,25)/t16-/m1/s1. The van der Waals surface area contributed by atoms with Crippen molar-refractivity contribution in [2.45, 2.75) is 30.7 Å². The Kier molecular flexibility index (Phi) is 7.29. The van der Waals surface area contributed by atoms with Gasteiger partial charge in [-0.3, -0.25) is 4.79 Å². The zero-order chi connectivity index (χ0) is 20.9. The highest BCUT2D eigenvalue weighted by Gasteiger charge is 2.27. The van der Waals surface area contributed by atoms with E-state index in [1.165, 1.54) is 28.1 Å². The number of hydrogen-bond acceptors (Lipinski definition) is 4. The Morgan fingerprint density at radius 3 is 2.55 bits per heavy atom. The lowest BCUT2D eigenvalue weighted by Gasteiger charge is -2.26. The van der Waals surface area contributed by atoms with Gasteiger partial charge in [0.25, 0.3) is 5.91 Å². The Bertz CT molecular complexity index is 944. The van der Waals surface area contributed by atoms with Crippen LogP contribution in [0.15, 0.2) is 53.4 Å². The van der Waals surface area contributed by atoms with Gasteiger partial charge in [-0.15, -0.1) is 0 Å². The summed E-state index contributed by atoms with van der Waals surface area (Å²) in [5.41, 5.74) is 1.36. The zero-order valence-electron chi connectivity index (χ0n) is 16.3. The largest absolute Gasteiger partial charge is 0.379 e. The first kappa shape index (κ1) is 21.8. The third-order valence-electron chi connectivity index (χ3n) is 4.88. The summed E-state index contributed by atoms with van der Waals surface area (Å²) in [7, 11) is -3.69. The van der Waals surface area contributed by atoms with Crippen LogP contribution in [0.5, 0.6) is 0 Å². The molecule has 8 heteroatoms. The first-order chi connectivity index (χ1) is 13.9. The molecule has 1 N–H and O–H groups in total. The number of sulfonamides is 1. The summed E-state index contributed by atoms with van der Waals surface area (Å²) >= 11 is 6.19. The van der Waals surface area contributed by atoms with Crippen LogP contribution in [0.4, 0.5) is 0 Å². The number of carbonyl (C=O) groups is 1. The van der Waals surface area contributed by atoms with E-state index >= 15 is 0 Å². The van der Waals surface area contributed by atoms with E-state index in [4.69, 9.17) is 16.3 Å². The molecule has 156 valence electrons. The molecule has 0 spiro atoms. The lowest BCUT2D eigenvalue weighted by molar-refractivity contribution is 0.0730. The second kappa shape index (κ2) is 9.71. The fraction of sp³-hybridized carbons (Fsp3) is 0.381. The van der Waals surface area contributed by atoms with E-state index in [0.29, 0.717) is 26.3 Å². The first-order valence-electron chi connectivity index (χ1n) is 9.60. The predicted molar refractivity (Wildman–Crippen MR) is 113 cm³/mol. The molecule has 1 atom stereocenters. The number of rotatable bonds is 7. The van der Waals surface area contributed by atoms with Gasteiger partial charge in [0.05, 0.1) is 28.7 Å². The smallest absolute Gasteiger partial charge is 0.253 e. The van der Waals surface area contributed by atoms with Gasteiger partial charge in [-0.1, -0.05) is 41.9 Å². The van der Waals surface area contributed by atoms with E-state index in [2.05, 4.69) is 5.32 Å². The molecule has 0 aromatic heterocycles. The monoisotopic (exact) mass is 436 g/mol. The minimum Gasteiger partial charge on any atom is -0.379 e. The van der Waals surface area contributed by atoms with Crippen molar-refractivity contribution in [1.29, 1.82) is 0 Å². The zero-order valence-corrected chi connectivity index (χ0v) is 17.9. The maximum absolute atomic E-state index is 12.9. The highest BCUT2D eigenvalue weighted by atomic mass is 35.5. The van der Waals surface area contributed by atoms with Crippen LogP contribution in [0.3, 0.4) is 0 Å². The number of carbonyl (C=O) groups excluding carboxylic acids is 1. The van der Waals surface area contributed by atoms with Crippen LogP contribution in [-0.2, 0) is 21.2 Å². The Morgan fingerprint density at radius 1 is 1.17 bits per heavy atom. The number of amides is 1. The molecule has 1 saturated heterocycles. The SMILES string of the molecule is C[C@H](CCc1ccccc1)NC(=O)c1cc(S(=O)(=O)N2CCOCC2)ccc1Cl. The van der Waals surface area contributed by atoms with Crippen LogP contribution in [-0.4, -0.2) is 51.0 Å². The van der Waals surface area contributed by atoms with Gasteiger partial charge in [0.1, 0.15) is 0 Å². The van der Waals surface area contributed by atoms with Gasteiger partial charge in [-0.25, -0.2) is 8.42 Å². The van der Waals surface area contributed by atoms with Gasteiger partial charge in [0, 0.05) is 19.1 Å². The summed E-state index contributed by atoms with van der Waals surface area (Å²) < 4.78 is 32.3. The lowest BCUT2D eigenvalue weighted by Crippen LogP contribution is -2.40. The van der Waals surface area contributed by atoms with E-state index in [1.807, 2.05) is 37.3 Å². The molecule has 2 aromatic rings. The van der Waals surface area contributed by atoms with E-state index in [-0.39, 0.29) is 27.4 Å². The molecule has 1 aliphatic rings. The summed E-state index contributed by atoms with van der Waals surface area (Å²) in [5, 5.41) is 3.13. The number of halogens is 1. The molecular weight excluding hydrogens is 412 g/mol. The van der Waals surface area contributed by atoms with Gasteiger partial charge in [0.15, 0.2) is 0 Å². The summed E-state index contributed by atoms with van der Waals surface area (Å²) in [5.74, 6) is -0.380. The van der Waals surface area contributed by atoms with E-state index in [1.54, 1.807) is 0 Å². The fourth-order valence-electron chi connectivity index (χ4n) is 3.18. The van der Waals surface area contributed by atoms with Crippen molar-refractivity contribution >= 4 is 27.5 Å². The topological polar surface area (TPSA) is 75.7 Å². The van der Waals surface area contributed by atoms with E-state index in [9.17, 15) is 13.2 Å². The first-order valence-corrected chi connectivity index (χ1v) is 11.4. The highest BCUT2D eigenvalue weighted by molar-refractivity contribution is 7.89. The second-order valence-corrected chi connectivity index (χ2v) is 9.40. The molecule has 6 nitrogen and oxygen atoms in total. The summed E-state index contributed by atoms with van der Waals surface area (Å²) in [6.45, 7) is 3.23. The summed E-state index contributed by atoms with van der Waals surface area (Å²) in [4.78, 5) is 12.8. The number of morpholine rings is 1. The average molecular weight is 437 g/mol. The molecule has 29 heavy (non-hydrogen) atoms. The second-order valence-electron chi connectivity index (χ2n) is 7.06. The maximum atomic E-state index is 12.9. The number of hydrogen-bond donors (Lipinski definition) is 1.